The lowest BCUT2D eigenvalue weighted by Gasteiger charge is -2.32. The number of aliphatic imine (C=N–C) groups is 1. The van der Waals surface area contributed by atoms with E-state index in [1.54, 1.807) is 0 Å². The first-order valence-electron chi connectivity index (χ1n) is 14.8. The summed E-state index contributed by atoms with van der Waals surface area (Å²) in [7, 11) is -7.38. The van der Waals surface area contributed by atoms with Crippen molar-refractivity contribution < 1.29 is 33.6 Å². The minimum Gasteiger partial charge on any atom is -0.378 e. The standard InChI is InChI=1S/C37H34N2OP.ClHO4/c1-6-16-31(17-7-1)30-36(38-37(32-18-8-2-9-19-32)39-26-28-40-29-27-39)41(33-20-10-3-11-21-33,34-22-12-4-13-23-34)35-24-14-5-15-25-35;2-1(3,4)5/h1-25,30H,26-29H2;(H,2,3,4,5)/q+1;/p-1/b36-30+,38-37?;. The highest BCUT2D eigenvalue weighted by atomic mass is 35.7. The van der Waals surface area contributed by atoms with Crippen LogP contribution >= 0.6 is 7.26 Å². The summed E-state index contributed by atoms with van der Waals surface area (Å²) in [6.45, 7) is 3.00. The first-order chi connectivity index (χ1) is 22.4. The molecule has 0 saturated carbocycles. The van der Waals surface area contributed by atoms with Crippen LogP contribution < -0.4 is 34.5 Å². The lowest BCUT2D eigenvalue weighted by atomic mass is 10.2. The van der Waals surface area contributed by atoms with Gasteiger partial charge in [-0.05, 0) is 42.0 Å². The molecule has 6 rings (SSSR count). The van der Waals surface area contributed by atoms with E-state index in [1.807, 2.05) is 0 Å². The number of rotatable bonds is 7. The zero-order valence-corrected chi connectivity index (χ0v) is 26.8. The van der Waals surface area contributed by atoms with Gasteiger partial charge in [0.2, 0.25) is 5.44 Å². The molecule has 0 aromatic heterocycles. The number of hydrogen-bond acceptors (Lipinski definition) is 6. The maximum Gasteiger partial charge on any atom is 0.200 e. The largest absolute Gasteiger partial charge is 0.378 e. The van der Waals surface area contributed by atoms with Crippen molar-refractivity contribution in [1.82, 2.24) is 4.90 Å². The Morgan fingerprint density at radius 3 is 1.37 bits per heavy atom. The second kappa shape index (κ2) is 15.9. The molecule has 1 heterocycles. The highest BCUT2D eigenvalue weighted by molar-refractivity contribution is 7.99. The van der Waals surface area contributed by atoms with E-state index in [2.05, 4.69) is 163 Å². The molecule has 0 radical (unpaired) electrons. The molecule has 0 unspecified atom stereocenters. The lowest BCUT2D eigenvalue weighted by Crippen LogP contribution is -2.68. The summed E-state index contributed by atoms with van der Waals surface area (Å²) in [5, 5.41) is 3.83. The van der Waals surface area contributed by atoms with Gasteiger partial charge in [-0.25, -0.2) is 18.6 Å². The van der Waals surface area contributed by atoms with Crippen LogP contribution in [-0.4, -0.2) is 37.0 Å². The number of ether oxygens (including phenoxy) is 1. The second-order valence-corrected chi connectivity index (χ2v) is 14.5. The van der Waals surface area contributed by atoms with Crippen LogP contribution in [0.25, 0.3) is 6.08 Å². The molecule has 0 N–H and O–H groups in total. The van der Waals surface area contributed by atoms with Crippen LogP contribution in [0.5, 0.6) is 0 Å². The quantitative estimate of drug-likeness (QED) is 0.151. The van der Waals surface area contributed by atoms with E-state index >= 15 is 0 Å². The summed E-state index contributed by atoms with van der Waals surface area (Å²) in [6, 6.07) is 54.1. The molecule has 1 fully saturated rings. The van der Waals surface area contributed by atoms with E-state index in [9.17, 15) is 0 Å². The summed E-state index contributed by atoms with van der Waals surface area (Å²) >= 11 is 0. The summed E-state index contributed by atoms with van der Waals surface area (Å²) in [5.74, 6) is 0.989. The predicted molar refractivity (Wildman–Crippen MR) is 175 cm³/mol. The average Bonchev–Trinajstić information content (AvgIpc) is 3.09. The van der Waals surface area contributed by atoms with Crippen molar-refractivity contribution in [1.29, 1.82) is 0 Å². The van der Waals surface area contributed by atoms with E-state index in [4.69, 9.17) is 28.4 Å². The maximum atomic E-state index is 8.49. The van der Waals surface area contributed by atoms with Gasteiger partial charge in [-0.1, -0.05) is 115 Å². The van der Waals surface area contributed by atoms with Gasteiger partial charge in [-0.3, -0.25) is 0 Å². The molecule has 0 aliphatic carbocycles. The highest BCUT2D eigenvalue weighted by Gasteiger charge is 2.50. The number of morpholine rings is 1. The Kier molecular flexibility index (Phi) is 11.5. The van der Waals surface area contributed by atoms with E-state index in [-0.39, 0.29) is 0 Å². The summed E-state index contributed by atoms with van der Waals surface area (Å²) in [4.78, 5) is 8.15. The molecule has 1 aliphatic heterocycles. The molecule has 0 atom stereocenters. The van der Waals surface area contributed by atoms with Crippen LogP contribution in [0.3, 0.4) is 0 Å². The first kappa shape index (κ1) is 33.2. The number of hydrogen-bond donors (Lipinski definition) is 0. The molecule has 1 aliphatic rings. The third-order valence-corrected chi connectivity index (χ3v) is 11.6. The van der Waals surface area contributed by atoms with Gasteiger partial charge in [0.25, 0.3) is 0 Å². The van der Waals surface area contributed by atoms with E-state index in [0.717, 1.165) is 35.5 Å². The average molecular weight is 653 g/mol. The smallest absolute Gasteiger partial charge is 0.200 e. The topological polar surface area (TPSA) is 117 Å². The highest BCUT2D eigenvalue weighted by Crippen LogP contribution is 2.63. The van der Waals surface area contributed by atoms with Gasteiger partial charge in [-0.15, -0.1) is 10.2 Å². The van der Waals surface area contributed by atoms with Crippen LogP contribution in [0.4, 0.5) is 0 Å². The predicted octanol–water partition coefficient (Wildman–Crippen LogP) is 2.00. The fraction of sp³-hybridized carbons (Fsp3) is 0.108. The van der Waals surface area contributed by atoms with Gasteiger partial charge in [0.15, 0.2) is 7.26 Å². The molecule has 9 heteroatoms. The van der Waals surface area contributed by atoms with Crippen molar-refractivity contribution in [2.24, 2.45) is 4.99 Å². The minimum absolute atomic E-state index is 0.694. The van der Waals surface area contributed by atoms with Gasteiger partial charge in [0.05, 0.1) is 13.2 Å². The van der Waals surface area contributed by atoms with Crippen molar-refractivity contribution >= 4 is 35.1 Å². The van der Waals surface area contributed by atoms with Crippen molar-refractivity contribution in [3.8, 4) is 0 Å². The molecule has 7 nitrogen and oxygen atoms in total. The van der Waals surface area contributed by atoms with Crippen molar-refractivity contribution in [2.45, 2.75) is 0 Å². The lowest BCUT2D eigenvalue weighted by molar-refractivity contribution is -2.00. The van der Waals surface area contributed by atoms with Crippen LogP contribution in [-0.2, 0) is 4.74 Å². The Hall–Kier alpha value is -4.17. The van der Waals surface area contributed by atoms with Gasteiger partial charge in [0.1, 0.15) is 21.7 Å². The molecule has 0 bridgehead atoms. The number of amidine groups is 1. The molecule has 234 valence electrons. The number of halogens is 1. The SMILES string of the molecule is C(=C(/N=C(c1ccccc1)N1CCOCC1)[P+](c1ccccc1)(c1ccccc1)c1ccccc1)/c1ccccc1.[O-][Cl+3]([O-])([O-])[O-]. The Bertz CT molecular complexity index is 1590. The minimum atomic E-state index is -4.94. The molecule has 0 spiro atoms. The van der Waals surface area contributed by atoms with Crippen LogP contribution in [0.15, 0.2) is 162 Å². The molecule has 1 saturated heterocycles. The van der Waals surface area contributed by atoms with E-state index in [0.29, 0.717) is 13.2 Å². The van der Waals surface area contributed by atoms with Crippen LogP contribution in [0.1, 0.15) is 11.1 Å². The molecule has 5 aromatic rings. The van der Waals surface area contributed by atoms with Crippen molar-refractivity contribution in [3.63, 3.8) is 0 Å². The first-order valence-corrected chi connectivity index (χ1v) is 17.8. The van der Waals surface area contributed by atoms with E-state index in [1.165, 1.54) is 15.9 Å². The fourth-order valence-corrected chi connectivity index (χ4v) is 9.62. The molecule has 5 aromatic carbocycles. The third kappa shape index (κ3) is 8.55. The second-order valence-electron chi connectivity index (χ2n) is 10.4. The van der Waals surface area contributed by atoms with Gasteiger partial charge in [0, 0.05) is 24.7 Å². The van der Waals surface area contributed by atoms with Gasteiger partial charge in [-0.2, -0.15) is 4.99 Å². The summed E-state index contributed by atoms with van der Waals surface area (Å²) in [5.41, 5.74) is 3.31. The third-order valence-electron chi connectivity index (χ3n) is 7.43. The monoisotopic (exact) mass is 652 g/mol. The normalized spacial score (nSPS) is 14.3. The molecule has 0 amide bonds. The Morgan fingerprint density at radius 1 is 0.587 bits per heavy atom. The number of benzene rings is 5. The van der Waals surface area contributed by atoms with E-state index < -0.39 is 17.5 Å². The fourth-order valence-electron chi connectivity index (χ4n) is 5.49. The van der Waals surface area contributed by atoms with Gasteiger partial charge >= 0.3 is 0 Å². The van der Waals surface area contributed by atoms with Crippen LogP contribution in [0.2, 0.25) is 0 Å². The summed E-state index contributed by atoms with van der Waals surface area (Å²) in [6.07, 6.45) is 2.31. The zero-order valence-electron chi connectivity index (χ0n) is 25.1. The molecular formula is C37H34ClN2O5P. The molecular weight excluding hydrogens is 619 g/mol. The Morgan fingerprint density at radius 2 is 0.957 bits per heavy atom. The van der Waals surface area contributed by atoms with Crippen molar-refractivity contribution in [2.75, 3.05) is 26.3 Å². The summed E-state index contributed by atoms with van der Waals surface area (Å²) < 4.78 is 39.7. The van der Waals surface area contributed by atoms with Crippen molar-refractivity contribution in [3.05, 3.63) is 168 Å². The van der Waals surface area contributed by atoms with Gasteiger partial charge < -0.3 is 9.64 Å². The van der Waals surface area contributed by atoms with Crippen LogP contribution in [0, 0.1) is 10.2 Å². The Labute approximate surface area is 272 Å². The Balaban J connectivity index is 0.000000775. The number of nitrogens with zero attached hydrogens (tertiary/aromatic N) is 2. The molecule has 46 heavy (non-hydrogen) atoms. The maximum absolute atomic E-state index is 8.49. The zero-order chi connectivity index (χ0) is 32.2.